The topological polar surface area (TPSA) is 332 Å². The van der Waals surface area contributed by atoms with Gasteiger partial charge in [0.05, 0.1) is 43.5 Å². The highest BCUT2D eigenvalue weighted by Gasteiger charge is 2.51. The summed E-state index contributed by atoms with van der Waals surface area (Å²) in [5.74, 6) is -3.05. The summed E-state index contributed by atoms with van der Waals surface area (Å²) in [4.78, 5) is 56.8. The Morgan fingerprint density at radius 2 is 0.957 bits per heavy atom. The molecule has 1 aromatic carbocycles. The number of nitrogens with one attached hydrogen (secondary N) is 4. The van der Waals surface area contributed by atoms with Crippen molar-refractivity contribution >= 4 is 23.6 Å². The molecule has 11 N–H and O–H groups in total. The van der Waals surface area contributed by atoms with E-state index in [2.05, 4.69) is 28.2 Å². The average molecular weight is 1340 g/mol. The number of rotatable bonds is 49. The molecular formula is C71H126N4O19. The van der Waals surface area contributed by atoms with Gasteiger partial charge in [-0.1, -0.05) is 211 Å². The van der Waals surface area contributed by atoms with Gasteiger partial charge < -0.3 is 94.9 Å². The van der Waals surface area contributed by atoms with Crippen LogP contribution in [0.1, 0.15) is 240 Å². The highest BCUT2D eigenvalue weighted by molar-refractivity contribution is 5.94. The predicted octanol–water partition coefficient (Wildman–Crippen LogP) is 7.14. The van der Waals surface area contributed by atoms with Crippen LogP contribution in [0.15, 0.2) is 30.3 Å². The molecule has 94 heavy (non-hydrogen) atoms. The van der Waals surface area contributed by atoms with Crippen molar-refractivity contribution in [2.24, 2.45) is 0 Å². The fourth-order valence-corrected chi connectivity index (χ4v) is 12.7. The number of unbranched alkanes of at least 4 members (excludes halogenated alkanes) is 26. The van der Waals surface area contributed by atoms with Crippen LogP contribution in [0.5, 0.6) is 0 Å². The summed E-state index contributed by atoms with van der Waals surface area (Å²) in [6, 6.07) is 3.89. The molecule has 23 heteroatoms. The molecule has 0 spiro atoms. The lowest BCUT2D eigenvalue weighted by Crippen LogP contribution is -2.65. The smallest absolute Gasteiger partial charge is 0.245 e. The van der Waals surface area contributed by atoms with Crippen molar-refractivity contribution in [3.05, 3.63) is 35.9 Å². The molecule has 1 aromatic rings. The zero-order valence-corrected chi connectivity index (χ0v) is 58.5. The number of amides is 4. The van der Waals surface area contributed by atoms with E-state index in [9.17, 15) is 54.9 Å². The second kappa shape index (κ2) is 46.7. The number of ether oxygens (including phenoxy) is 8. The molecule has 0 saturated carbocycles. The van der Waals surface area contributed by atoms with E-state index in [-0.39, 0.29) is 19.4 Å². The van der Waals surface area contributed by atoms with E-state index < -0.39 is 152 Å². The molecule has 3 saturated heterocycles. The van der Waals surface area contributed by atoms with E-state index in [4.69, 9.17) is 37.9 Å². The van der Waals surface area contributed by atoms with Crippen molar-refractivity contribution < 1.29 is 92.8 Å². The molecule has 4 amide bonds. The normalized spacial score (nSPS) is 28.4. The number of aliphatic hydroxyl groups excluding tert-OH is 7. The molecule has 0 bridgehead atoms. The van der Waals surface area contributed by atoms with Gasteiger partial charge in [0.1, 0.15) is 73.1 Å². The summed E-state index contributed by atoms with van der Waals surface area (Å²) >= 11 is 0. The zero-order chi connectivity index (χ0) is 69.0. The summed E-state index contributed by atoms with van der Waals surface area (Å²) in [5.41, 5.74) is 0.658. The van der Waals surface area contributed by atoms with Crippen LogP contribution in [0.2, 0.25) is 0 Å². The van der Waals surface area contributed by atoms with E-state index in [1.165, 1.54) is 190 Å². The van der Waals surface area contributed by atoms with Crippen LogP contribution < -0.4 is 21.3 Å². The first kappa shape index (κ1) is 82.9. The van der Waals surface area contributed by atoms with Crippen molar-refractivity contribution in [3.8, 4) is 0 Å². The Bertz CT molecular complexity index is 2190. The van der Waals surface area contributed by atoms with Gasteiger partial charge in [0, 0.05) is 26.7 Å². The first-order valence-corrected chi connectivity index (χ1v) is 36.1. The second-order valence-electron chi connectivity index (χ2n) is 27.0. The van der Waals surface area contributed by atoms with Gasteiger partial charge in [-0.15, -0.1) is 0 Å². The van der Waals surface area contributed by atoms with E-state index >= 15 is 0 Å². The predicted molar refractivity (Wildman–Crippen MR) is 357 cm³/mol. The van der Waals surface area contributed by atoms with Crippen LogP contribution >= 0.6 is 0 Å². The summed E-state index contributed by atoms with van der Waals surface area (Å²) in [6.45, 7) is 11.2. The van der Waals surface area contributed by atoms with Crippen LogP contribution in [0.3, 0.4) is 0 Å². The number of hydrogen-bond donors (Lipinski definition) is 11. The minimum absolute atomic E-state index is 0.0384. The lowest BCUT2D eigenvalue weighted by molar-refractivity contribution is -0.366. The van der Waals surface area contributed by atoms with Gasteiger partial charge in [-0.2, -0.15) is 0 Å². The molecule has 23 nitrogen and oxygen atoms in total. The molecule has 3 fully saturated rings. The molecular weight excluding hydrogens is 1210 g/mol. The maximum Gasteiger partial charge on any atom is 0.245 e. The van der Waals surface area contributed by atoms with E-state index in [1.54, 1.807) is 44.2 Å². The average Bonchev–Trinajstić information content (AvgIpc) is 0.799. The standard InChI is InChI=1S/C71H126N4O19/c1-10-11-12-13-14-15-16-17-18-19-20-21-22-23-24-25-26-27-28-29-30-31-32-33-34-35-39-42-53(76)44-55(77)74-54(43-52-40-37-36-38-41-52)67(85)75-56(48(4)90-71-65(60(81)58(79)50(6)92-71)94-70-61(82)59(80)57(78)49(5)91-70)68(86)73-47(3)66(84)72-46(2)45-89-69-62(83)64(88-9)63(87-8)51(7)93-69/h36-38,40-41,46-51,53-54,56-65,69-71,76,78-83H,10-35,39,42-45H2,1-9H3,(H,72,84)(H,73,86)(H,74,77)(H,75,85)/t46-,47+,48+,49-,50-,51-,53?,54+,56+,57-,58+,59+,60+,61+,62+,63-,64-,65+,69?,70-,71?/m0/s1. The van der Waals surface area contributed by atoms with E-state index in [0.29, 0.717) is 12.0 Å². The molecule has 21 atom stereocenters. The maximum absolute atomic E-state index is 14.7. The molecule has 0 aromatic heterocycles. The van der Waals surface area contributed by atoms with Gasteiger partial charge in [0.2, 0.25) is 23.6 Å². The first-order valence-electron chi connectivity index (χ1n) is 36.1. The molecule has 3 unspecified atom stereocenters. The Morgan fingerprint density at radius 1 is 0.489 bits per heavy atom. The van der Waals surface area contributed by atoms with Crippen LogP contribution in [-0.4, -0.2) is 209 Å². The quantitative estimate of drug-likeness (QED) is 0.0289. The van der Waals surface area contributed by atoms with Gasteiger partial charge in [-0.05, 0) is 53.5 Å². The third-order valence-electron chi connectivity index (χ3n) is 18.7. The maximum atomic E-state index is 14.7. The number of carbonyl (C=O) groups excluding carboxylic acids is 4. The van der Waals surface area contributed by atoms with Gasteiger partial charge in [-0.3, -0.25) is 19.2 Å². The molecule has 3 aliphatic heterocycles. The van der Waals surface area contributed by atoms with Gasteiger partial charge in [0.15, 0.2) is 18.9 Å². The SMILES string of the molecule is CCCCCCCCCCCCCCCCCCCCCCCCCCCCCC(O)CC(=O)N[C@H](Cc1ccccc1)C(=O)N[C@@H](C(=O)N[C@H](C)C(=O)N[C@@H](C)COC1O[C@@H](C)[C@H](OC)[C@@H](OC)[C@H]1O)[C@@H](C)OC1O[C@@H](C)[C@@H](O)[C@@H](O)[C@H]1O[C@@H]1O[C@@H](C)[C@H](O)[C@@H](O)[C@H]1O. The van der Waals surface area contributed by atoms with Crippen LogP contribution in [0.25, 0.3) is 0 Å². The van der Waals surface area contributed by atoms with E-state index in [1.807, 2.05) is 0 Å². The third-order valence-corrected chi connectivity index (χ3v) is 18.7. The zero-order valence-electron chi connectivity index (χ0n) is 58.5. The lowest BCUT2D eigenvalue weighted by Gasteiger charge is -2.46. The summed E-state index contributed by atoms with van der Waals surface area (Å²) in [7, 11) is 2.91. The molecule has 3 heterocycles. The van der Waals surface area contributed by atoms with Crippen molar-refractivity contribution in [3.63, 3.8) is 0 Å². The van der Waals surface area contributed by atoms with E-state index in [0.717, 1.165) is 25.7 Å². The number of aliphatic hydroxyl groups is 7. The largest absolute Gasteiger partial charge is 0.393 e. The van der Waals surface area contributed by atoms with Crippen molar-refractivity contribution in [1.82, 2.24) is 21.3 Å². The minimum atomic E-state index is -1.83. The Morgan fingerprint density at radius 3 is 1.46 bits per heavy atom. The van der Waals surface area contributed by atoms with Crippen molar-refractivity contribution in [2.45, 2.75) is 370 Å². The molecule has 4 rings (SSSR count). The Hall–Kier alpha value is -3.50. The summed E-state index contributed by atoms with van der Waals surface area (Å²) in [6.07, 6.45) is 13.0. The molecule has 544 valence electrons. The molecule has 0 radical (unpaired) electrons. The van der Waals surface area contributed by atoms with Gasteiger partial charge >= 0.3 is 0 Å². The van der Waals surface area contributed by atoms with Crippen molar-refractivity contribution in [2.75, 3.05) is 20.8 Å². The summed E-state index contributed by atoms with van der Waals surface area (Å²) in [5, 5.41) is 86.9. The molecule has 3 aliphatic rings. The minimum Gasteiger partial charge on any atom is -0.393 e. The lowest BCUT2D eigenvalue weighted by atomic mass is 9.98. The Balaban J connectivity index is 1.29. The monoisotopic (exact) mass is 1340 g/mol. The Labute approximate surface area is 561 Å². The van der Waals surface area contributed by atoms with Crippen LogP contribution in [-0.2, 0) is 63.5 Å². The fourth-order valence-electron chi connectivity index (χ4n) is 12.7. The van der Waals surface area contributed by atoms with Crippen LogP contribution in [0, 0.1) is 0 Å². The second-order valence-corrected chi connectivity index (χ2v) is 27.0. The fraction of sp³-hybridized carbons (Fsp3) is 0.859. The number of hydrogen-bond acceptors (Lipinski definition) is 19. The van der Waals surface area contributed by atoms with Gasteiger partial charge in [0.25, 0.3) is 0 Å². The number of benzene rings is 1. The number of methoxy groups -OCH3 is 2. The van der Waals surface area contributed by atoms with Gasteiger partial charge in [-0.25, -0.2) is 0 Å². The third kappa shape index (κ3) is 29.9. The highest BCUT2D eigenvalue weighted by atomic mass is 16.8. The molecule has 0 aliphatic carbocycles. The van der Waals surface area contributed by atoms with Crippen LogP contribution in [0.4, 0.5) is 0 Å². The number of carbonyl (C=O) groups is 4. The van der Waals surface area contributed by atoms with Crippen molar-refractivity contribution in [1.29, 1.82) is 0 Å². The highest BCUT2D eigenvalue weighted by Crippen LogP contribution is 2.31. The Kier molecular flexibility index (Phi) is 41.2. The summed E-state index contributed by atoms with van der Waals surface area (Å²) < 4.78 is 46.5. The first-order chi connectivity index (χ1) is 45.1.